The van der Waals surface area contributed by atoms with Gasteiger partial charge in [-0.25, -0.2) is 4.98 Å². The standard InChI is InChI=1S/C21H24N2O3/c1-14(23-15(2)24)5-6-16-7-10-20(22-13-16)25-18-9-8-17-12-21(3,4)26-19(17)11-18/h5-11,13-14H,12H2,1-4H3,(H,23,24)/b6-5+/t14-/m0/s1. The van der Waals surface area contributed by atoms with Gasteiger partial charge in [0.1, 0.15) is 17.1 Å². The van der Waals surface area contributed by atoms with Gasteiger partial charge in [-0.05, 0) is 44.0 Å². The van der Waals surface area contributed by atoms with Crippen molar-refractivity contribution in [3.05, 3.63) is 53.7 Å². The van der Waals surface area contributed by atoms with Gasteiger partial charge in [-0.1, -0.05) is 18.2 Å². The third kappa shape index (κ3) is 4.63. The van der Waals surface area contributed by atoms with E-state index in [0.29, 0.717) is 11.6 Å². The Kier molecular flexibility index (Phi) is 4.98. The number of fused-ring (bicyclic) bond motifs is 1. The van der Waals surface area contributed by atoms with E-state index in [2.05, 4.69) is 24.1 Å². The molecule has 3 rings (SSSR count). The zero-order valence-electron chi connectivity index (χ0n) is 15.6. The van der Waals surface area contributed by atoms with Gasteiger partial charge >= 0.3 is 0 Å². The first kappa shape index (κ1) is 18.0. The van der Waals surface area contributed by atoms with Gasteiger partial charge in [-0.15, -0.1) is 0 Å². The maximum absolute atomic E-state index is 11.0. The summed E-state index contributed by atoms with van der Waals surface area (Å²) < 4.78 is 11.8. The highest BCUT2D eigenvalue weighted by atomic mass is 16.5. The van der Waals surface area contributed by atoms with Gasteiger partial charge in [-0.2, -0.15) is 0 Å². The van der Waals surface area contributed by atoms with Crippen molar-refractivity contribution in [1.29, 1.82) is 0 Å². The molecule has 1 aromatic heterocycles. The van der Waals surface area contributed by atoms with Crippen LogP contribution in [0.4, 0.5) is 0 Å². The van der Waals surface area contributed by atoms with E-state index < -0.39 is 0 Å². The summed E-state index contributed by atoms with van der Waals surface area (Å²) in [5.74, 6) is 2.05. The van der Waals surface area contributed by atoms with Crippen LogP contribution >= 0.6 is 0 Å². The molecule has 1 aliphatic heterocycles. The lowest BCUT2D eigenvalue weighted by molar-refractivity contribution is -0.119. The molecule has 1 amide bonds. The summed E-state index contributed by atoms with van der Waals surface area (Å²) in [5.41, 5.74) is 1.97. The fourth-order valence-electron chi connectivity index (χ4n) is 2.93. The van der Waals surface area contributed by atoms with Crippen LogP contribution in [0.1, 0.15) is 38.8 Å². The number of amides is 1. The highest BCUT2D eigenvalue weighted by molar-refractivity contribution is 5.73. The van der Waals surface area contributed by atoms with Crippen molar-refractivity contribution < 1.29 is 14.3 Å². The Bertz CT molecular complexity index is 826. The molecule has 0 saturated heterocycles. The fourth-order valence-corrected chi connectivity index (χ4v) is 2.93. The van der Waals surface area contributed by atoms with Crippen LogP contribution in [0.25, 0.3) is 6.08 Å². The average Bonchev–Trinajstić information content (AvgIpc) is 2.87. The van der Waals surface area contributed by atoms with E-state index in [1.165, 1.54) is 12.5 Å². The molecule has 2 heterocycles. The van der Waals surface area contributed by atoms with Crippen molar-refractivity contribution in [3.8, 4) is 17.4 Å². The first-order chi connectivity index (χ1) is 12.3. The van der Waals surface area contributed by atoms with Crippen molar-refractivity contribution in [1.82, 2.24) is 10.3 Å². The van der Waals surface area contributed by atoms with Gasteiger partial charge in [0.25, 0.3) is 0 Å². The second kappa shape index (κ2) is 7.20. The van der Waals surface area contributed by atoms with Crippen LogP contribution < -0.4 is 14.8 Å². The van der Waals surface area contributed by atoms with E-state index in [4.69, 9.17) is 9.47 Å². The summed E-state index contributed by atoms with van der Waals surface area (Å²) >= 11 is 0. The number of pyridine rings is 1. The average molecular weight is 352 g/mol. The molecule has 1 atom stereocenters. The summed E-state index contributed by atoms with van der Waals surface area (Å²) in [6.45, 7) is 7.57. The molecule has 1 aliphatic rings. The van der Waals surface area contributed by atoms with Crippen molar-refractivity contribution >= 4 is 12.0 Å². The van der Waals surface area contributed by atoms with Gasteiger partial charge in [-0.3, -0.25) is 4.79 Å². The highest BCUT2D eigenvalue weighted by Crippen LogP contribution is 2.37. The molecule has 0 saturated carbocycles. The van der Waals surface area contributed by atoms with E-state index in [9.17, 15) is 4.79 Å². The normalized spacial score (nSPS) is 16.0. The second-order valence-electron chi connectivity index (χ2n) is 7.19. The van der Waals surface area contributed by atoms with Crippen LogP contribution in [0.3, 0.4) is 0 Å². The Labute approximate surface area is 154 Å². The quantitative estimate of drug-likeness (QED) is 0.879. The Balaban J connectivity index is 1.63. The van der Waals surface area contributed by atoms with Crippen LogP contribution in [0.15, 0.2) is 42.6 Å². The van der Waals surface area contributed by atoms with E-state index in [0.717, 1.165) is 17.7 Å². The molecule has 1 aromatic carbocycles. The van der Waals surface area contributed by atoms with E-state index >= 15 is 0 Å². The van der Waals surface area contributed by atoms with Crippen molar-refractivity contribution in [2.75, 3.05) is 0 Å². The number of ether oxygens (including phenoxy) is 2. The molecule has 0 fully saturated rings. The number of carbonyl (C=O) groups is 1. The minimum absolute atomic E-state index is 0.0286. The second-order valence-corrected chi connectivity index (χ2v) is 7.19. The van der Waals surface area contributed by atoms with Crippen LogP contribution in [0, 0.1) is 0 Å². The molecule has 26 heavy (non-hydrogen) atoms. The lowest BCUT2D eigenvalue weighted by Gasteiger charge is -2.16. The van der Waals surface area contributed by atoms with Crippen molar-refractivity contribution in [2.45, 2.75) is 45.8 Å². The number of hydrogen-bond donors (Lipinski definition) is 1. The lowest BCUT2D eigenvalue weighted by Crippen LogP contribution is -2.28. The number of nitrogens with zero attached hydrogens (tertiary/aromatic N) is 1. The zero-order valence-corrected chi connectivity index (χ0v) is 15.6. The molecule has 2 aromatic rings. The predicted molar refractivity (Wildman–Crippen MR) is 101 cm³/mol. The van der Waals surface area contributed by atoms with Gasteiger partial charge in [0.15, 0.2) is 0 Å². The molecule has 0 spiro atoms. The van der Waals surface area contributed by atoms with E-state index in [-0.39, 0.29) is 17.6 Å². The van der Waals surface area contributed by atoms with E-state index in [1.54, 1.807) is 6.20 Å². The van der Waals surface area contributed by atoms with Crippen LogP contribution in [-0.4, -0.2) is 22.5 Å². The minimum atomic E-state index is -0.165. The lowest BCUT2D eigenvalue weighted by atomic mass is 10.0. The Morgan fingerprint density at radius 2 is 2.15 bits per heavy atom. The third-order valence-corrected chi connectivity index (χ3v) is 4.03. The molecule has 136 valence electrons. The molecule has 0 radical (unpaired) electrons. The minimum Gasteiger partial charge on any atom is -0.487 e. The summed E-state index contributed by atoms with van der Waals surface area (Å²) in [7, 11) is 0. The monoisotopic (exact) mass is 352 g/mol. The maximum atomic E-state index is 11.0. The Morgan fingerprint density at radius 1 is 1.35 bits per heavy atom. The van der Waals surface area contributed by atoms with Gasteiger partial charge in [0.05, 0.1) is 0 Å². The van der Waals surface area contributed by atoms with E-state index in [1.807, 2.05) is 49.4 Å². The maximum Gasteiger partial charge on any atom is 0.219 e. The summed E-state index contributed by atoms with van der Waals surface area (Å²) in [6.07, 6.45) is 6.47. The van der Waals surface area contributed by atoms with Gasteiger partial charge in [0.2, 0.25) is 11.8 Å². The fraction of sp³-hybridized carbons (Fsp3) is 0.333. The SMILES string of the molecule is CC(=O)N[C@@H](C)/C=C/c1ccc(Oc2ccc3c(c2)OC(C)(C)C3)nc1. The van der Waals surface area contributed by atoms with Gasteiger partial charge < -0.3 is 14.8 Å². The molecule has 1 N–H and O–H groups in total. The van der Waals surface area contributed by atoms with Crippen LogP contribution in [0.5, 0.6) is 17.4 Å². The molecule has 5 heteroatoms. The zero-order chi connectivity index (χ0) is 18.7. The summed E-state index contributed by atoms with van der Waals surface area (Å²) in [4.78, 5) is 15.3. The number of benzene rings is 1. The number of carbonyl (C=O) groups excluding carboxylic acids is 1. The number of nitrogens with one attached hydrogen (secondary N) is 1. The summed E-state index contributed by atoms with van der Waals surface area (Å²) in [5, 5.41) is 2.80. The Hall–Kier alpha value is -2.82. The molecule has 0 aliphatic carbocycles. The molecule has 0 unspecified atom stereocenters. The topological polar surface area (TPSA) is 60.5 Å². The first-order valence-corrected chi connectivity index (χ1v) is 8.72. The van der Waals surface area contributed by atoms with Gasteiger partial charge in [0, 0.05) is 37.7 Å². The third-order valence-electron chi connectivity index (χ3n) is 4.03. The summed E-state index contributed by atoms with van der Waals surface area (Å²) in [6, 6.07) is 9.61. The molecular formula is C21H24N2O3. The highest BCUT2D eigenvalue weighted by Gasteiger charge is 2.30. The van der Waals surface area contributed by atoms with Crippen molar-refractivity contribution in [2.24, 2.45) is 0 Å². The number of rotatable bonds is 5. The predicted octanol–water partition coefficient (Wildman–Crippen LogP) is 4.13. The number of aromatic nitrogens is 1. The van der Waals surface area contributed by atoms with Crippen molar-refractivity contribution in [3.63, 3.8) is 0 Å². The smallest absolute Gasteiger partial charge is 0.219 e. The first-order valence-electron chi connectivity index (χ1n) is 8.72. The number of hydrogen-bond acceptors (Lipinski definition) is 4. The molecule has 5 nitrogen and oxygen atoms in total. The largest absolute Gasteiger partial charge is 0.487 e. The van der Waals surface area contributed by atoms with Crippen LogP contribution in [0.2, 0.25) is 0 Å². The van der Waals surface area contributed by atoms with Crippen LogP contribution in [-0.2, 0) is 11.2 Å². The molecular weight excluding hydrogens is 328 g/mol. The molecule has 0 bridgehead atoms. The Morgan fingerprint density at radius 3 is 2.85 bits per heavy atom.